The molecule has 0 saturated carbocycles. The molecule has 0 aliphatic carbocycles. The molecule has 5 heterocycles. The van der Waals surface area contributed by atoms with Crippen molar-refractivity contribution in [3.8, 4) is 16.9 Å². The zero-order valence-corrected chi connectivity index (χ0v) is 27.8. The van der Waals surface area contributed by atoms with E-state index in [9.17, 15) is 14.3 Å². The van der Waals surface area contributed by atoms with Crippen molar-refractivity contribution in [3.63, 3.8) is 0 Å². The van der Waals surface area contributed by atoms with Crippen LogP contribution in [0, 0.1) is 6.92 Å². The Balaban J connectivity index is 1.15. The van der Waals surface area contributed by atoms with Crippen molar-refractivity contribution in [2.45, 2.75) is 70.4 Å². The van der Waals surface area contributed by atoms with Crippen LogP contribution >= 0.6 is 22.9 Å². The second-order valence-corrected chi connectivity index (χ2v) is 13.7. The van der Waals surface area contributed by atoms with Crippen molar-refractivity contribution in [1.82, 2.24) is 29.2 Å². The fourth-order valence-electron chi connectivity index (χ4n) is 6.77. The van der Waals surface area contributed by atoms with Gasteiger partial charge in [0.2, 0.25) is 0 Å². The Morgan fingerprint density at radius 2 is 2.02 bits per heavy atom. The van der Waals surface area contributed by atoms with Crippen molar-refractivity contribution >= 4 is 44.9 Å². The minimum atomic E-state index is -1.03. The minimum Gasteiger partial charge on any atom is -0.490 e. The number of amides is 1. The standard InChI is InChI=1S/C34H37ClFN7O3S/c1-20(9-13-44)41-11-7-25(8-12-41)46-24-5-3-22(4-6-24)26-16-28(35)27-18-43(40-30(27)21(26)2)32(33(45)39-34-37-10-14-47-34)31-29-15-23(36)17-42(29)19-38-31/h3-6,10,14,16,18-20,23,25,32,44H,7-9,11-13,15,17H2,1-2H3,(H,37,39,45)/t20?,23-,32?/m1/s1. The van der Waals surface area contributed by atoms with Crippen LogP contribution in [0.15, 0.2) is 54.4 Å². The van der Waals surface area contributed by atoms with Crippen molar-refractivity contribution in [2.75, 3.05) is 25.0 Å². The SMILES string of the molecule is Cc1c(-c2ccc(OC3CCN(C(C)CCO)CC3)cc2)cc(Cl)c2cn(C(C(=O)Nc3nccs3)c3ncn4c3C[C@@H](F)C4)nc12. The molecule has 3 atom stereocenters. The first-order chi connectivity index (χ1) is 22.8. The molecule has 5 aromatic rings. The summed E-state index contributed by atoms with van der Waals surface area (Å²) < 4.78 is 24.0. The van der Waals surface area contributed by atoms with Gasteiger partial charge in [-0.15, -0.1) is 11.3 Å². The average Bonchev–Trinajstić information content (AvgIpc) is 3.87. The number of aliphatic hydroxyl groups is 1. The molecule has 47 heavy (non-hydrogen) atoms. The highest BCUT2D eigenvalue weighted by atomic mass is 35.5. The third-order valence-corrected chi connectivity index (χ3v) is 10.4. The lowest BCUT2D eigenvalue weighted by Crippen LogP contribution is -2.43. The molecule has 7 rings (SSSR count). The summed E-state index contributed by atoms with van der Waals surface area (Å²) in [6.07, 6.45) is 6.97. The Hall–Kier alpha value is -3.84. The number of likely N-dealkylation sites (tertiary alicyclic amines) is 1. The van der Waals surface area contributed by atoms with Gasteiger partial charge in [-0.1, -0.05) is 23.7 Å². The second-order valence-electron chi connectivity index (χ2n) is 12.4. The number of aromatic nitrogens is 5. The molecule has 2 unspecified atom stereocenters. The monoisotopic (exact) mass is 677 g/mol. The molecule has 1 saturated heterocycles. The van der Waals surface area contributed by atoms with Gasteiger partial charge in [0.05, 0.1) is 29.1 Å². The number of benzene rings is 2. The number of anilines is 1. The molecule has 2 aliphatic rings. The Kier molecular flexibility index (Phi) is 9.01. The molecule has 10 nitrogen and oxygen atoms in total. The third-order valence-electron chi connectivity index (χ3n) is 9.36. The number of alkyl halides is 1. The number of rotatable bonds is 10. The molecule has 0 spiro atoms. The lowest BCUT2D eigenvalue weighted by Gasteiger charge is -2.35. The molecule has 2 N–H and O–H groups in total. The number of nitrogens with zero attached hydrogens (tertiary/aromatic N) is 6. The fraction of sp³-hybridized carbons (Fsp3) is 0.412. The Labute approximate surface area is 281 Å². The molecular formula is C34H37ClFN7O3S. The molecule has 2 aliphatic heterocycles. The van der Waals surface area contributed by atoms with Crippen LogP contribution in [0.2, 0.25) is 5.02 Å². The number of carbonyl (C=O) groups excluding carboxylic acids is 1. The van der Waals surface area contributed by atoms with Gasteiger partial charge in [0.25, 0.3) is 5.91 Å². The van der Waals surface area contributed by atoms with Gasteiger partial charge in [0, 0.05) is 61.0 Å². The summed E-state index contributed by atoms with van der Waals surface area (Å²) in [5, 5.41) is 20.5. The van der Waals surface area contributed by atoms with Gasteiger partial charge in [0.15, 0.2) is 11.2 Å². The van der Waals surface area contributed by atoms with E-state index < -0.39 is 12.2 Å². The van der Waals surface area contributed by atoms with E-state index in [1.54, 1.807) is 33.3 Å². The number of nitrogens with one attached hydrogen (secondary N) is 1. The van der Waals surface area contributed by atoms with Crippen LogP contribution in [-0.4, -0.2) is 78.2 Å². The number of carbonyl (C=O) groups is 1. The highest BCUT2D eigenvalue weighted by Crippen LogP contribution is 2.37. The van der Waals surface area contributed by atoms with Crippen LogP contribution in [0.4, 0.5) is 9.52 Å². The van der Waals surface area contributed by atoms with E-state index in [4.69, 9.17) is 21.4 Å². The maximum atomic E-state index is 14.4. The first-order valence-electron chi connectivity index (χ1n) is 16.0. The topological polar surface area (TPSA) is 110 Å². The zero-order valence-electron chi connectivity index (χ0n) is 26.3. The number of thiazole rings is 1. The summed E-state index contributed by atoms with van der Waals surface area (Å²) in [7, 11) is 0. The van der Waals surface area contributed by atoms with E-state index in [2.05, 4.69) is 27.1 Å². The fourth-order valence-corrected chi connectivity index (χ4v) is 7.55. The van der Waals surface area contributed by atoms with Gasteiger partial charge in [-0.3, -0.25) is 14.8 Å². The number of aliphatic hydroxyl groups excluding tert-OH is 1. The summed E-state index contributed by atoms with van der Waals surface area (Å²) in [5.41, 5.74) is 4.63. The summed E-state index contributed by atoms with van der Waals surface area (Å²) in [6, 6.07) is 9.39. The molecule has 2 aromatic carbocycles. The molecule has 1 fully saturated rings. The second kappa shape index (κ2) is 13.3. The number of hydrogen-bond donors (Lipinski definition) is 2. The summed E-state index contributed by atoms with van der Waals surface area (Å²) >= 11 is 8.19. The van der Waals surface area contributed by atoms with Crippen molar-refractivity contribution in [2.24, 2.45) is 0 Å². The lowest BCUT2D eigenvalue weighted by molar-refractivity contribution is -0.118. The molecule has 3 aromatic heterocycles. The van der Waals surface area contributed by atoms with Crippen LogP contribution in [0.25, 0.3) is 22.0 Å². The maximum Gasteiger partial charge on any atom is 0.257 e. The van der Waals surface area contributed by atoms with Crippen LogP contribution in [-0.2, 0) is 17.8 Å². The molecule has 0 bridgehead atoms. The van der Waals surface area contributed by atoms with Crippen LogP contribution in [0.5, 0.6) is 5.75 Å². The predicted molar refractivity (Wildman–Crippen MR) is 181 cm³/mol. The highest BCUT2D eigenvalue weighted by molar-refractivity contribution is 7.13. The van der Waals surface area contributed by atoms with Crippen molar-refractivity contribution < 1.29 is 19.0 Å². The first kappa shape index (κ1) is 31.7. The minimum absolute atomic E-state index is 0.156. The average molecular weight is 678 g/mol. The van der Waals surface area contributed by atoms with Gasteiger partial charge in [-0.05, 0) is 68.0 Å². The van der Waals surface area contributed by atoms with Gasteiger partial charge < -0.3 is 19.3 Å². The number of piperidine rings is 1. The van der Waals surface area contributed by atoms with E-state index in [-0.39, 0.29) is 31.6 Å². The number of aryl methyl sites for hydroxylation is 1. The third kappa shape index (κ3) is 6.39. The van der Waals surface area contributed by atoms with E-state index >= 15 is 0 Å². The lowest BCUT2D eigenvalue weighted by atomic mass is 9.98. The number of imidazole rings is 1. The van der Waals surface area contributed by atoms with Crippen LogP contribution < -0.4 is 10.1 Å². The maximum absolute atomic E-state index is 14.4. The van der Waals surface area contributed by atoms with Gasteiger partial charge in [-0.25, -0.2) is 14.4 Å². The van der Waals surface area contributed by atoms with E-state index in [1.807, 2.05) is 37.3 Å². The number of hydrogen-bond acceptors (Lipinski definition) is 8. The molecule has 246 valence electrons. The highest BCUT2D eigenvalue weighted by Gasteiger charge is 2.34. The predicted octanol–water partition coefficient (Wildman–Crippen LogP) is 6.05. The van der Waals surface area contributed by atoms with E-state index in [0.29, 0.717) is 38.5 Å². The van der Waals surface area contributed by atoms with Gasteiger partial charge in [0.1, 0.15) is 18.0 Å². The van der Waals surface area contributed by atoms with Crippen LogP contribution in [0.1, 0.15) is 49.2 Å². The largest absolute Gasteiger partial charge is 0.490 e. The molecule has 1 amide bonds. The Morgan fingerprint density at radius 1 is 1.23 bits per heavy atom. The van der Waals surface area contributed by atoms with Crippen LogP contribution in [0.3, 0.4) is 0 Å². The number of halogens is 2. The van der Waals surface area contributed by atoms with E-state index in [0.717, 1.165) is 54.8 Å². The quantitative estimate of drug-likeness (QED) is 0.185. The summed E-state index contributed by atoms with van der Waals surface area (Å²) in [6.45, 7) is 6.51. The zero-order chi connectivity index (χ0) is 32.7. The molecule has 13 heteroatoms. The summed E-state index contributed by atoms with van der Waals surface area (Å²) in [5.74, 6) is 0.452. The van der Waals surface area contributed by atoms with Gasteiger partial charge >= 0.3 is 0 Å². The number of ether oxygens (including phenoxy) is 1. The van der Waals surface area contributed by atoms with E-state index in [1.165, 1.54) is 11.3 Å². The Bertz CT molecular complexity index is 1870. The molecule has 0 radical (unpaired) electrons. The van der Waals surface area contributed by atoms with Gasteiger partial charge in [-0.2, -0.15) is 5.10 Å². The molecular weight excluding hydrogens is 641 g/mol. The Morgan fingerprint density at radius 3 is 2.74 bits per heavy atom. The van der Waals surface area contributed by atoms with Crippen molar-refractivity contribution in [3.05, 3.63) is 76.4 Å². The van der Waals surface area contributed by atoms with Crippen molar-refractivity contribution in [1.29, 1.82) is 0 Å². The first-order valence-corrected chi connectivity index (χ1v) is 17.2. The number of fused-ring (bicyclic) bond motifs is 2. The smallest absolute Gasteiger partial charge is 0.257 e. The normalized spacial score (nSPS) is 18.4. The summed E-state index contributed by atoms with van der Waals surface area (Å²) in [4.78, 5) is 24.9.